The molecule has 4 atom stereocenters. The van der Waals surface area contributed by atoms with E-state index in [2.05, 4.69) is 15.5 Å². The molecule has 3 amide bonds. The number of nitrogens with one attached hydrogen (secondary N) is 1. The molecule has 5 rings (SSSR count). The van der Waals surface area contributed by atoms with E-state index in [-0.39, 0.29) is 42.5 Å². The van der Waals surface area contributed by atoms with Gasteiger partial charge in [0.05, 0.1) is 46.6 Å². The number of hydrogen-bond donors (Lipinski definition) is 3. The monoisotopic (exact) mass is 726 g/mol. The number of oxime groups is 1. The van der Waals surface area contributed by atoms with Gasteiger partial charge in [0, 0.05) is 38.2 Å². The van der Waals surface area contributed by atoms with Gasteiger partial charge in [0.2, 0.25) is 15.9 Å². The van der Waals surface area contributed by atoms with Gasteiger partial charge in [0.15, 0.2) is 0 Å². The molecule has 1 unspecified atom stereocenters. The standard InChI is InChI=1S/C35H46N6O7S2/c1-24(2)33(41-16-15-39(35(41)44)20-28-23-49-25(3)37-28)34(43)38-31(18-26-8-5-4-6-9-26)32(42)22-40(21-29-10-7-17-48-29)50(46,47)30-13-11-27(12-14-30)19-36-45/h4-6,8-9,11-14,19,23-24,29,31-33,42,45H,7,10,15-18,20-22H2,1-3H3,(H,38,43)/t29?,31-,32-,33-/m0/s1. The van der Waals surface area contributed by atoms with E-state index in [0.29, 0.717) is 38.2 Å². The van der Waals surface area contributed by atoms with Gasteiger partial charge in [-0.2, -0.15) is 4.31 Å². The SMILES string of the molecule is Cc1nc(CN2CCN([C@H](C(=O)N[C@@H](Cc3ccccc3)[C@@H](O)CN(CC3CCCO3)S(=O)(=O)c3ccc(C=NO)cc3)C(C)C)C2=O)cs1. The number of benzene rings is 2. The number of aliphatic hydroxyl groups is 1. The van der Waals surface area contributed by atoms with Gasteiger partial charge >= 0.3 is 6.03 Å². The van der Waals surface area contributed by atoms with E-state index in [1.54, 1.807) is 9.80 Å². The molecule has 0 spiro atoms. The minimum atomic E-state index is -4.12. The number of thiazole rings is 1. The topological polar surface area (TPSA) is 165 Å². The Balaban J connectivity index is 1.38. The fourth-order valence-electron chi connectivity index (χ4n) is 6.47. The summed E-state index contributed by atoms with van der Waals surface area (Å²) in [5.74, 6) is -0.667. The van der Waals surface area contributed by atoms with Crippen molar-refractivity contribution in [3.05, 3.63) is 81.8 Å². The molecule has 0 radical (unpaired) electrons. The summed E-state index contributed by atoms with van der Waals surface area (Å²) in [5.41, 5.74) is 2.16. The smallest absolute Gasteiger partial charge is 0.321 e. The molecule has 0 saturated carbocycles. The summed E-state index contributed by atoms with van der Waals surface area (Å²) in [6.45, 7) is 7.07. The zero-order valence-electron chi connectivity index (χ0n) is 28.6. The molecular weight excluding hydrogens is 681 g/mol. The summed E-state index contributed by atoms with van der Waals surface area (Å²) in [6, 6.07) is 13.3. The lowest BCUT2D eigenvalue weighted by molar-refractivity contribution is -0.128. The van der Waals surface area contributed by atoms with Crippen LogP contribution in [0.3, 0.4) is 0 Å². The lowest BCUT2D eigenvalue weighted by atomic mass is 9.98. The molecule has 270 valence electrons. The number of carbonyl (C=O) groups is 2. The third kappa shape index (κ3) is 9.26. The number of rotatable bonds is 16. The Labute approximate surface area is 297 Å². The van der Waals surface area contributed by atoms with Gasteiger partial charge in [-0.25, -0.2) is 18.2 Å². The molecule has 2 aliphatic heterocycles. The maximum absolute atomic E-state index is 14.1. The number of sulfonamides is 1. The van der Waals surface area contributed by atoms with Crippen LogP contribution in [0.2, 0.25) is 0 Å². The van der Waals surface area contributed by atoms with Crippen molar-refractivity contribution in [3.8, 4) is 0 Å². The van der Waals surface area contributed by atoms with Gasteiger partial charge in [-0.1, -0.05) is 61.5 Å². The third-order valence-electron chi connectivity index (χ3n) is 9.02. The number of aromatic nitrogens is 1. The summed E-state index contributed by atoms with van der Waals surface area (Å²) >= 11 is 1.52. The minimum Gasteiger partial charge on any atom is -0.411 e. The fourth-order valence-corrected chi connectivity index (χ4v) is 8.56. The predicted molar refractivity (Wildman–Crippen MR) is 190 cm³/mol. The van der Waals surface area contributed by atoms with E-state index in [9.17, 15) is 23.1 Å². The summed E-state index contributed by atoms with van der Waals surface area (Å²) in [4.78, 5) is 35.5. The molecule has 2 aliphatic rings. The number of nitrogens with zero attached hydrogens (tertiary/aromatic N) is 5. The molecule has 50 heavy (non-hydrogen) atoms. The quantitative estimate of drug-likeness (QED) is 0.115. The number of carbonyl (C=O) groups excluding carboxylic acids is 2. The first-order valence-corrected chi connectivity index (χ1v) is 19.2. The van der Waals surface area contributed by atoms with E-state index in [0.717, 1.165) is 22.7 Å². The van der Waals surface area contributed by atoms with Crippen molar-refractivity contribution >= 4 is 39.5 Å². The molecular formula is C35H46N6O7S2. The number of hydrogen-bond acceptors (Lipinski definition) is 10. The average molecular weight is 727 g/mol. The van der Waals surface area contributed by atoms with Crippen LogP contribution in [0.15, 0.2) is 70.0 Å². The van der Waals surface area contributed by atoms with E-state index in [1.807, 2.05) is 56.5 Å². The third-order valence-corrected chi connectivity index (χ3v) is 11.7. The zero-order valence-corrected chi connectivity index (χ0v) is 30.2. The second-order valence-corrected chi connectivity index (χ2v) is 16.1. The highest BCUT2D eigenvalue weighted by atomic mass is 32.2. The van der Waals surface area contributed by atoms with Gasteiger partial charge in [-0.3, -0.25) is 4.79 Å². The van der Waals surface area contributed by atoms with Crippen LogP contribution in [0.5, 0.6) is 0 Å². The fraction of sp³-hybridized carbons (Fsp3) is 0.486. The number of aryl methyl sites for hydroxylation is 1. The predicted octanol–water partition coefficient (Wildman–Crippen LogP) is 3.48. The van der Waals surface area contributed by atoms with Crippen molar-refractivity contribution in [1.82, 2.24) is 24.4 Å². The van der Waals surface area contributed by atoms with Gasteiger partial charge in [0.1, 0.15) is 6.04 Å². The Bertz CT molecular complexity index is 1710. The van der Waals surface area contributed by atoms with Gasteiger partial charge in [-0.05, 0) is 55.4 Å². The Morgan fingerprint density at radius 2 is 1.92 bits per heavy atom. The second-order valence-electron chi connectivity index (χ2n) is 13.1. The number of amides is 3. The Morgan fingerprint density at radius 1 is 1.18 bits per heavy atom. The zero-order chi connectivity index (χ0) is 35.8. The molecule has 2 saturated heterocycles. The maximum atomic E-state index is 14.1. The van der Waals surface area contributed by atoms with Crippen molar-refractivity contribution in [3.63, 3.8) is 0 Å². The summed E-state index contributed by atoms with van der Waals surface area (Å²) in [5, 5.41) is 29.6. The van der Waals surface area contributed by atoms with Crippen LogP contribution in [-0.2, 0) is 32.5 Å². The largest absolute Gasteiger partial charge is 0.411 e. The first kappa shape index (κ1) is 37.4. The molecule has 13 nitrogen and oxygen atoms in total. The van der Waals surface area contributed by atoms with Gasteiger partial charge in [0.25, 0.3) is 0 Å². The molecule has 15 heteroatoms. The van der Waals surface area contributed by atoms with Crippen LogP contribution < -0.4 is 5.32 Å². The maximum Gasteiger partial charge on any atom is 0.321 e. The number of urea groups is 1. The molecule has 2 aromatic carbocycles. The van der Waals surface area contributed by atoms with Crippen molar-refractivity contribution in [2.24, 2.45) is 11.1 Å². The van der Waals surface area contributed by atoms with Crippen molar-refractivity contribution < 1.29 is 33.1 Å². The van der Waals surface area contributed by atoms with Crippen molar-refractivity contribution in [2.45, 2.75) is 75.8 Å². The molecule has 0 aliphatic carbocycles. The minimum absolute atomic E-state index is 0.00576. The van der Waals surface area contributed by atoms with Crippen LogP contribution in [0, 0.1) is 12.8 Å². The summed E-state index contributed by atoms with van der Waals surface area (Å²) < 4.78 is 35.1. The lowest BCUT2D eigenvalue weighted by Gasteiger charge is -2.34. The molecule has 1 aromatic heterocycles. The normalized spacial score (nSPS) is 18.8. The molecule has 2 fully saturated rings. The Hall–Kier alpha value is -3.89. The van der Waals surface area contributed by atoms with Crippen molar-refractivity contribution in [1.29, 1.82) is 0 Å². The van der Waals surface area contributed by atoms with Crippen LogP contribution in [0.1, 0.15) is 48.5 Å². The van der Waals surface area contributed by atoms with Crippen LogP contribution in [-0.4, -0.2) is 113 Å². The first-order chi connectivity index (χ1) is 24.0. The number of aliphatic hydroxyl groups excluding tert-OH is 1. The van der Waals surface area contributed by atoms with E-state index in [1.165, 1.54) is 46.1 Å². The lowest BCUT2D eigenvalue weighted by Crippen LogP contribution is -2.57. The summed E-state index contributed by atoms with van der Waals surface area (Å²) in [7, 11) is -4.12. The van der Waals surface area contributed by atoms with Crippen LogP contribution in [0.4, 0.5) is 4.79 Å². The van der Waals surface area contributed by atoms with Gasteiger partial charge in [-0.15, -0.1) is 11.3 Å². The molecule has 3 N–H and O–H groups in total. The molecule has 0 bridgehead atoms. The average Bonchev–Trinajstić information content (AvgIpc) is 3.84. The Morgan fingerprint density at radius 3 is 2.54 bits per heavy atom. The molecule has 3 aromatic rings. The van der Waals surface area contributed by atoms with E-state index < -0.39 is 34.1 Å². The van der Waals surface area contributed by atoms with E-state index >= 15 is 0 Å². The highest BCUT2D eigenvalue weighted by molar-refractivity contribution is 7.89. The van der Waals surface area contributed by atoms with Gasteiger partial charge < -0.3 is 30.2 Å². The van der Waals surface area contributed by atoms with Crippen LogP contribution in [0.25, 0.3) is 0 Å². The first-order valence-electron chi connectivity index (χ1n) is 16.8. The summed E-state index contributed by atoms with van der Waals surface area (Å²) in [6.07, 6.45) is 1.24. The van der Waals surface area contributed by atoms with E-state index in [4.69, 9.17) is 9.94 Å². The second kappa shape index (κ2) is 16.9. The van der Waals surface area contributed by atoms with Crippen molar-refractivity contribution in [2.75, 3.05) is 32.8 Å². The van der Waals surface area contributed by atoms with Crippen LogP contribution >= 0.6 is 11.3 Å². The number of ether oxygens (including phenoxy) is 1. The Kier molecular flexibility index (Phi) is 12.6. The highest BCUT2D eigenvalue weighted by Gasteiger charge is 2.41. The highest BCUT2D eigenvalue weighted by Crippen LogP contribution is 2.24. The molecule has 3 heterocycles.